The number of hydrogen-bond acceptors (Lipinski definition) is 1. The summed E-state index contributed by atoms with van der Waals surface area (Å²) >= 11 is 1.91. The second-order valence-corrected chi connectivity index (χ2v) is 5.31. The first-order chi connectivity index (χ1) is 8.27. The maximum atomic E-state index is 2.28. The Kier molecular flexibility index (Phi) is 6.44. The average molecular weight is 324 g/mol. The van der Waals surface area contributed by atoms with Crippen molar-refractivity contribution in [3.05, 3.63) is 60.3 Å². The van der Waals surface area contributed by atoms with Crippen molar-refractivity contribution in [2.24, 2.45) is 7.05 Å². The second kappa shape index (κ2) is 7.59. The molecular formula is C15H18BrNS. The number of hydrogen-bond donors (Lipinski definition) is 0. The summed E-state index contributed by atoms with van der Waals surface area (Å²) in [5.74, 6) is 1.70. The van der Waals surface area contributed by atoms with E-state index in [1.165, 1.54) is 10.6 Å². The molecule has 0 fully saturated rings. The van der Waals surface area contributed by atoms with Gasteiger partial charge in [-0.3, -0.25) is 0 Å². The summed E-state index contributed by atoms with van der Waals surface area (Å²) < 4.78 is 2.17. The van der Waals surface area contributed by atoms with Crippen LogP contribution in [0.5, 0.6) is 0 Å². The van der Waals surface area contributed by atoms with Crippen LogP contribution in [0.4, 0.5) is 0 Å². The summed E-state index contributed by atoms with van der Waals surface area (Å²) in [6, 6.07) is 17.0. The molecule has 0 radical (unpaired) electrons. The van der Waals surface area contributed by atoms with E-state index < -0.39 is 0 Å². The lowest BCUT2D eigenvalue weighted by Crippen LogP contribution is -3.00. The molecular weight excluding hydrogens is 306 g/mol. The Morgan fingerprint density at radius 1 is 1.06 bits per heavy atom. The van der Waals surface area contributed by atoms with E-state index in [0.717, 1.165) is 5.75 Å². The van der Waals surface area contributed by atoms with Gasteiger partial charge in [0.15, 0.2) is 6.20 Å². The fourth-order valence-electron chi connectivity index (χ4n) is 1.75. The van der Waals surface area contributed by atoms with Crippen LogP contribution in [0.15, 0.2) is 59.8 Å². The van der Waals surface area contributed by atoms with Gasteiger partial charge in [0.1, 0.15) is 7.05 Å². The quantitative estimate of drug-likeness (QED) is 0.582. The van der Waals surface area contributed by atoms with Crippen LogP contribution in [0, 0.1) is 0 Å². The van der Waals surface area contributed by atoms with Crippen LogP contribution >= 0.6 is 11.8 Å². The normalized spacial score (nSPS) is 11.7. The van der Waals surface area contributed by atoms with Gasteiger partial charge in [-0.15, -0.1) is 0 Å². The predicted octanol–water partition coefficient (Wildman–Crippen LogP) is 0.411. The van der Waals surface area contributed by atoms with Gasteiger partial charge in [-0.05, 0) is 17.5 Å². The molecule has 0 spiro atoms. The van der Waals surface area contributed by atoms with Crippen LogP contribution in [-0.4, -0.2) is 5.75 Å². The van der Waals surface area contributed by atoms with Crippen molar-refractivity contribution in [2.45, 2.75) is 17.9 Å². The Bertz CT molecular complexity index is 473. The number of nitrogens with zero attached hydrogens (tertiary/aromatic N) is 1. The molecule has 0 saturated heterocycles. The van der Waals surface area contributed by atoms with Crippen molar-refractivity contribution < 1.29 is 21.5 Å². The Balaban J connectivity index is 0.00000162. The van der Waals surface area contributed by atoms with Crippen LogP contribution in [0.1, 0.15) is 18.4 Å². The zero-order valence-corrected chi connectivity index (χ0v) is 13.1. The first-order valence-corrected chi connectivity index (χ1v) is 6.88. The summed E-state index contributed by atoms with van der Waals surface area (Å²) in [6.45, 7) is 2.28. The van der Waals surface area contributed by atoms with E-state index in [1.807, 2.05) is 11.8 Å². The molecule has 0 aliphatic heterocycles. The van der Waals surface area contributed by atoms with Crippen molar-refractivity contribution >= 4 is 11.8 Å². The fraction of sp³-hybridized carbons (Fsp3) is 0.267. The largest absolute Gasteiger partial charge is 1.00 e. The van der Waals surface area contributed by atoms with Gasteiger partial charge in [-0.1, -0.05) is 49.0 Å². The zero-order chi connectivity index (χ0) is 12.1. The van der Waals surface area contributed by atoms with Gasteiger partial charge in [0.05, 0.1) is 0 Å². The van der Waals surface area contributed by atoms with E-state index in [4.69, 9.17) is 0 Å². The summed E-state index contributed by atoms with van der Waals surface area (Å²) in [6.07, 6.45) is 2.09. The van der Waals surface area contributed by atoms with E-state index in [9.17, 15) is 0 Å². The molecule has 2 rings (SSSR count). The molecule has 1 unspecified atom stereocenters. The molecule has 0 saturated carbocycles. The molecule has 96 valence electrons. The smallest absolute Gasteiger partial charge is 0.239 e. The lowest BCUT2D eigenvalue weighted by Gasteiger charge is -2.10. The third kappa shape index (κ3) is 4.14. The Morgan fingerprint density at radius 2 is 1.72 bits per heavy atom. The average Bonchev–Trinajstić information content (AvgIpc) is 2.38. The molecule has 0 bridgehead atoms. The molecule has 0 aliphatic rings. The molecule has 0 aliphatic carbocycles. The van der Waals surface area contributed by atoms with Crippen LogP contribution < -0.4 is 21.5 Å². The minimum atomic E-state index is 0. The minimum Gasteiger partial charge on any atom is -1.00 e. The highest BCUT2D eigenvalue weighted by Gasteiger charge is 2.10. The fourth-order valence-corrected chi connectivity index (χ4v) is 2.80. The van der Waals surface area contributed by atoms with Gasteiger partial charge >= 0.3 is 0 Å². The van der Waals surface area contributed by atoms with Crippen LogP contribution in [0.2, 0.25) is 0 Å². The van der Waals surface area contributed by atoms with E-state index in [0.29, 0.717) is 5.92 Å². The standard InChI is InChI=1S/C15H18NS.BrH/c1-13(14-8-4-3-5-9-14)12-17-15-10-6-7-11-16(15)2;/h3-11,13H,12H2,1-2H3;1H/q+1;/p-1. The predicted molar refractivity (Wildman–Crippen MR) is 73.2 cm³/mol. The van der Waals surface area contributed by atoms with Gasteiger partial charge in [0.2, 0.25) is 5.03 Å². The summed E-state index contributed by atoms with van der Waals surface area (Å²) in [7, 11) is 2.09. The monoisotopic (exact) mass is 323 g/mol. The van der Waals surface area contributed by atoms with E-state index in [-0.39, 0.29) is 17.0 Å². The maximum Gasteiger partial charge on any atom is 0.239 e. The first-order valence-electron chi connectivity index (χ1n) is 5.90. The van der Waals surface area contributed by atoms with Crippen molar-refractivity contribution in [1.82, 2.24) is 0 Å². The Hall–Kier alpha value is -0.800. The Labute approximate surface area is 124 Å². The van der Waals surface area contributed by atoms with Gasteiger partial charge in [-0.2, -0.15) is 4.57 Å². The molecule has 1 nitrogen and oxygen atoms in total. The lowest BCUT2D eigenvalue weighted by molar-refractivity contribution is -0.708. The lowest BCUT2D eigenvalue weighted by atomic mass is 10.0. The maximum absolute atomic E-state index is 2.28. The van der Waals surface area contributed by atoms with Gasteiger partial charge in [0, 0.05) is 17.9 Å². The summed E-state index contributed by atoms with van der Waals surface area (Å²) in [5.41, 5.74) is 1.42. The number of benzene rings is 1. The van der Waals surface area contributed by atoms with E-state index >= 15 is 0 Å². The molecule has 18 heavy (non-hydrogen) atoms. The number of rotatable bonds is 4. The molecule has 3 heteroatoms. The summed E-state index contributed by atoms with van der Waals surface area (Å²) in [4.78, 5) is 0. The highest BCUT2D eigenvalue weighted by molar-refractivity contribution is 7.99. The highest BCUT2D eigenvalue weighted by atomic mass is 79.9. The van der Waals surface area contributed by atoms with Gasteiger partial charge in [-0.25, -0.2) is 0 Å². The molecule has 1 aromatic heterocycles. The number of halogens is 1. The molecule has 1 aromatic carbocycles. The third-order valence-electron chi connectivity index (χ3n) is 2.86. The number of pyridine rings is 1. The van der Waals surface area contributed by atoms with Gasteiger partial charge in [0.25, 0.3) is 0 Å². The van der Waals surface area contributed by atoms with E-state index in [2.05, 4.69) is 73.3 Å². The number of thioether (sulfide) groups is 1. The molecule has 1 atom stereocenters. The number of aryl methyl sites for hydroxylation is 1. The van der Waals surface area contributed by atoms with Crippen molar-refractivity contribution in [3.8, 4) is 0 Å². The van der Waals surface area contributed by atoms with Gasteiger partial charge < -0.3 is 17.0 Å². The topological polar surface area (TPSA) is 3.88 Å². The Morgan fingerprint density at radius 3 is 2.39 bits per heavy atom. The van der Waals surface area contributed by atoms with Crippen molar-refractivity contribution in [3.63, 3.8) is 0 Å². The summed E-state index contributed by atoms with van der Waals surface area (Å²) in [5, 5.41) is 1.32. The molecule has 0 amide bonds. The van der Waals surface area contributed by atoms with Crippen LogP contribution in [-0.2, 0) is 7.05 Å². The SMILES string of the molecule is CC(CSc1cccc[n+]1C)c1ccccc1.[Br-]. The van der Waals surface area contributed by atoms with Crippen LogP contribution in [0.3, 0.4) is 0 Å². The van der Waals surface area contributed by atoms with Crippen molar-refractivity contribution in [1.29, 1.82) is 0 Å². The highest BCUT2D eigenvalue weighted by Crippen LogP contribution is 2.23. The van der Waals surface area contributed by atoms with E-state index in [1.54, 1.807) is 0 Å². The molecule has 2 aromatic rings. The zero-order valence-electron chi connectivity index (χ0n) is 10.7. The minimum absolute atomic E-state index is 0. The second-order valence-electron chi connectivity index (χ2n) is 4.27. The third-order valence-corrected chi connectivity index (χ3v) is 4.24. The first kappa shape index (κ1) is 15.3. The number of aromatic nitrogens is 1. The molecule has 0 N–H and O–H groups in total. The van der Waals surface area contributed by atoms with Crippen molar-refractivity contribution in [2.75, 3.05) is 5.75 Å². The molecule has 1 heterocycles. The van der Waals surface area contributed by atoms with Crippen LogP contribution in [0.25, 0.3) is 0 Å².